The van der Waals surface area contributed by atoms with Crippen LogP contribution in [0.3, 0.4) is 0 Å². The molecule has 24 heavy (non-hydrogen) atoms. The average molecular weight is 437 g/mol. The molecule has 2 aromatic rings. The molecule has 0 spiro atoms. The van der Waals surface area contributed by atoms with Crippen LogP contribution in [0, 0.1) is 6.92 Å². The Hall–Kier alpha value is -0.590. The van der Waals surface area contributed by atoms with E-state index in [9.17, 15) is 5.11 Å². The maximum absolute atomic E-state index is 10.1. The number of aliphatic hydroxyl groups is 1. The van der Waals surface area contributed by atoms with Gasteiger partial charge >= 0.3 is 0 Å². The van der Waals surface area contributed by atoms with E-state index in [1.165, 1.54) is 11.1 Å². The Kier molecular flexibility index (Phi) is 8.23. The third-order valence-electron chi connectivity index (χ3n) is 4.33. The number of nitrogens with one attached hydrogen (secondary N) is 1. The summed E-state index contributed by atoms with van der Waals surface area (Å²) in [6, 6.07) is 4.24. The van der Waals surface area contributed by atoms with E-state index in [0.717, 1.165) is 41.4 Å². The Morgan fingerprint density at radius 2 is 2.21 bits per heavy atom. The van der Waals surface area contributed by atoms with Gasteiger partial charge in [-0.3, -0.25) is 0 Å². The molecule has 1 aromatic heterocycles. The first-order valence-corrected chi connectivity index (χ1v) is 8.54. The number of hydrogen-bond donors (Lipinski definition) is 2. The molecule has 0 aliphatic carbocycles. The smallest absolute Gasteiger partial charge is 0.0961 e. The Morgan fingerprint density at radius 1 is 1.46 bits per heavy atom. The fourth-order valence-corrected chi connectivity index (χ4v) is 3.38. The van der Waals surface area contributed by atoms with Crippen molar-refractivity contribution in [2.45, 2.75) is 45.4 Å². The minimum Gasteiger partial charge on any atom is -0.391 e. The Bertz CT molecular complexity index is 717. The number of nitrogens with zero attached hydrogens (tertiary/aromatic N) is 2. The standard InChI is InChI=1S/C17H22BrN3O.2ClH/c1-11(8-14-16(22)4-3-7-19-14)9-21-10-20-17-12(2)13(18)5-6-15(17)21;;/h5-6,8,10,14,16,19,22H,3-4,7,9H2,1-2H3;2*1H/b11-8+;;. The second-order valence-corrected chi connectivity index (χ2v) is 6.97. The number of allylic oxidation sites excluding steroid dienone is 1. The molecule has 0 radical (unpaired) electrons. The number of fused-ring (bicyclic) bond motifs is 1. The van der Waals surface area contributed by atoms with Gasteiger partial charge in [-0.2, -0.15) is 0 Å². The van der Waals surface area contributed by atoms with Crippen molar-refractivity contribution in [2.75, 3.05) is 6.54 Å². The minimum atomic E-state index is -0.276. The normalized spacial score (nSPS) is 21.2. The van der Waals surface area contributed by atoms with Gasteiger partial charge in [-0.25, -0.2) is 4.98 Å². The van der Waals surface area contributed by atoms with Crippen molar-refractivity contribution in [3.63, 3.8) is 0 Å². The monoisotopic (exact) mass is 435 g/mol. The van der Waals surface area contributed by atoms with Crippen molar-refractivity contribution in [3.8, 4) is 0 Å². The van der Waals surface area contributed by atoms with Crippen molar-refractivity contribution in [3.05, 3.63) is 40.1 Å². The molecule has 0 amide bonds. The maximum atomic E-state index is 10.1. The van der Waals surface area contributed by atoms with E-state index in [1.54, 1.807) is 0 Å². The maximum Gasteiger partial charge on any atom is 0.0961 e. The van der Waals surface area contributed by atoms with Crippen LogP contribution in [0.4, 0.5) is 0 Å². The summed E-state index contributed by atoms with van der Waals surface area (Å²) in [5.74, 6) is 0. The van der Waals surface area contributed by atoms with Gasteiger partial charge in [0.1, 0.15) is 0 Å². The van der Waals surface area contributed by atoms with E-state index in [1.807, 2.05) is 6.33 Å². The number of aromatic nitrogens is 2. The van der Waals surface area contributed by atoms with Gasteiger partial charge in [0.15, 0.2) is 0 Å². The van der Waals surface area contributed by atoms with E-state index in [2.05, 4.69) is 62.9 Å². The zero-order valence-electron chi connectivity index (χ0n) is 13.8. The van der Waals surface area contributed by atoms with Gasteiger partial charge in [0, 0.05) is 11.0 Å². The van der Waals surface area contributed by atoms with Gasteiger partial charge in [0.05, 0.1) is 29.5 Å². The summed E-state index contributed by atoms with van der Waals surface area (Å²) < 4.78 is 3.25. The van der Waals surface area contributed by atoms with Crippen molar-refractivity contribution in [1.29, 1.82) is 0 Å². The molecule has 1 aliphatic heterocycles. The van der Waals surface area contributed by atoms with Crippen LogP contribution in [0.2, 0.25) is 0 Å². The fourth-order valence-electron chi connectivity index (χ4n) is 3.07. The number of piperidine rings is 1. The van der Waals surface area contributed by atoms with Crippen LogP contribution in [-0.4, -0.2) is 33.3 Å². The third kappa shape index (κ3) is 4.52. The lowest BCUT2D eigenvalue weighted by atomic mass is 9.99. The first-order chi connectivity index (χ1) is 10.6. The lowest BCUT2D eigenvalue weighted by Crippen LogP contribution is -2.43. The van der Waals surface area contributed by atoms with Crippen molar-refractivity contribution < 1.29 is 5.11 Å². The molecule has 2 unspecified atom stereocenters. The molecule has 4 nitrogen and oxygen atoms in total. The SMILES string of the molecule is C/C(=C\C1NCCCC1O)Cn1cnc2c(C)c(Br)ccc21.Cl.Cl. The molecule has 1 saturated heterocycles. The summed E-state index contributed by atoms with van der Waals surface area (Å²) >= 11 is 3.55. The molecule has 1 fully saturated rings. The summed E-state index contributed by atoms with van der Waals surface area (Å²) in [6.07, 6.45) is 5.70. The highest BCUT2D eigenvalue weighted by Gasteiger charge is 2.20. The first-order valence-electron chi connectivity index (χ1n) is 7.75. The van der Waals surface area contributed by atoms with E-state index in [-0.39, 0.29) is 37.0 Å². The molecule has 1 aromatic carbocycles. The molecule has 2 N–H and O–H groups in total. The van der Waals surface area contributed by atoms with Crippen molar-refractivity contribution >= 4 is 51.8 Å². The van der Waals surface area contributed by atoms with E-state index < -0.39 is 0 Å². The number of halogens is 3. The molecule has 0 bridgehead atoms. The largest absolute Gasteiger partial charge is 0.391 e. The molecule has 1 aliphatic rings. The number of benzene rings is 1. The highest BCUT2D eigenvalue weighted by Crippen LogP contribution is 2.25. The summed E-state index contributed by atoms with van der Waals surface area (Å²) in [6.45, 7) is 5.96. The van der Waals surface area contributed by atoms with Crippen LogP contribution in [-0.2, 0) is 6.54 Å². The molecule has 0 saturated carbocycles. The Labute approximate surface area is 163 Å². The van der Waals surface area contributed by atoms with E-state index in [4.69, 9.17) is 0 Å². The quantitative estimate of drug-likeness (QED) is 0.714. The van der Waals surface area contributed by atoms with Gasteiger partial charge in [0.25, 0.3) is 0 Å². The highest BCUT2D eigenvalue weighted by molar-refractivity contribution is 9.10. The van der Waals surface area contributed by atoms with Crippen LogP contribution >= 0.6 is 40.7 Å². The number of imidazole rings is 1. The molecule has 2 atom stereocenters. The molecule has 134 valence electrons. The van der Waals surface area contributed by atoms with Crippen LogP contribution in [0.1, 0.15) is 25.3 Å². The topological polar surface area (TPSA) is 50.1 Å². The van der Waals surface area contributed by atoms with E-state index >= 15 is 0 Å². The number of aryl methyl sites for hydroxylation is 1. The van der Waals surface area contributed by atoms with Gasteiger partial charge < -0.3 is 15.0 Å². The van der Waals surface area contributed by atoms with Crippen LogP contribution in [0.25, 0.3) is 11.0 Å². The first kappa shape index (κ1) is 21.5. The summed E-state index contributed by atoms with van der Waals surface area (Å²) in [7, 11) is 0. The van der Waals surface area contributed by atoms with E-state index in [0.29, 0.717) is 0 Å². The van der Waals surface area contributed by atoms with Gasteiger partial charge in [-0.15, -0.1) is 24.8 Å². The van der Waals surface area contributed by atoms with Gasteiger partial charge in [-0.1, -0.05) is 27.6 Å². The van der Waals surface area contributed by atoms with Crippen LogP contribution in [0.15, 0.2) is 34.6 Å². The summed E-state index contributed by atoms with van der Waals surface area (Å²) in [5, 5.41) is 13.4. The van der Waals surface area contributed by atoms with Crippen LogP contribution < -0.4 is 5.32 Å². The zero-order chi connectivity index (χ0) is 15.7. The van der Waals surface area contributed by atoms with Crippen molar-refractivity contribution in [2.24, 2.45) is 0 Å². The number of aliphatic hydroxyl groups excluding tert-OH is 1. The fraction of sp³-hybridized carbons (Fsp3) is 0.471. The summed E-state index contributed by atoms with van der Waals surface area (Å²) in [4.78, 5) is 4.53. The predicted octanol–water partition coefficient (Wildman–Crippen LogP) is 4.01. The van der Waals surface area contributed by atoms with Crippen molar-refractivity contribution in [1.82, 2.24) is 14.9 Å². The number of hydrogen-bond acceptors (Lipinski definition) is 3. The lowest BCUT2D eigenvalue weighted by molar-refractivity contribution is 0.115. The predicted molar refractivity (Wildman–Crippen MR) is 107 cm³/mol. The Morgan fingerprint density at radius 3 is 2.92 bits per heavy atom. The van der Waals surface area contributed by atoms with Gasteiger partial charge in [0.2, 0.25) is 0 Å². The number of rotatable bonds is 3. The molecule has 2 heterocycles. The second kappa shape index (κ2) is 9.20. The third-order valence-corrected chi connectivity index (χ3v) is 5.19. The average Bonchev–Trinajstić information content (AvgIpc) is 2.89. The summed E-state index contributed by atoms with van der Waals surface area (Å²) in [5.41, 5.74) is 4.59. The zero-order valence-corrected chi connectivity index (χ0v) is 17.0. The molecular weight excluding hydrogens is 413 g/mol. The molecule has 7 heteroatoms. The van der Waals surface area contributed by atoms with Crippen LogP contribution in [0.5, 0.6) is 0 Å². The second-order valence-electron chi connectivity index (χ2n) is 6.12. The Balaban J connectivity index is 0.00000144. The highest BCUT2D eigenvalue weighted by atomic mass is 79.9. The molecule has 3 rings (SSSR count). The van der Waals surface area contributed by atoms with Gasteiger partial charge in [-0.05, 0) is 50.9 Å². The minimum absolute atomic E-state index is 0. The molecular formula is C17H24BrCl2N3O. The lowest BCUT2D eigenvalue weighted by Gasteiger charge is -2.27.